The lowest BCUT2D eigenvalue weighted by Gasteiger charge is -2.11. The highest BCUT2D eigenvalue weighted by molar-refractivity contribution is 5.33. The summed E-state index contributed by atoms with van der Waals surface area (Å²) in [5.74, 6) is 0.465. The Morgan fingerprint density at radius 2 is 2.14 bits per heavy atom. The molecule has 0 amide bonds. The molecule has 3 heteroatoms. The van der Waals surface area contributed by atoms with Gasteiger partial charge in [0.15, 0.2) is 0 Å². The van der Waals surface area contributed by atoms with Gasteiger partial charge in [0.1, 0.15) is 11.6 Å². The number of halogens is 1. The van der Waals surface area contributed by atoms with Crippen molar-refractivity contribution in [3.63, 3.8) is 0 Å². The van der Waals surface area contributed by atoms with Gasteiger partial charge >= 0.3 is 0 Å². The monoisotopic (exact) mass is 198 g/mol. The van der Waals surface area contributed by atoms with Crippen molar-refractivity contribution in [2.24, 2.45) is 5.92 Å². The first kappa shape index (κ1) is 11.0. The molecule has 0 saturated carbocycles. The Balaban J connectivity index is 2.77. The van der Waals surface area contributed by atoms with Crippen LogP contribution in [0.15, 0.2) is 18.2 Å². The minimum atomic E-state index is -0.346. The van der Waals surface area contributed by atoms with Crippen LogP contribution in [0.4, 0.5) is 4.39 Å². The van der Waals surface area contributed by atoms with Gasteiger partial charge in [-0.3, -0.25) is 0 Å². The van der Waals surface area contributed by atoms with Crippen molar-refractivity contribution in [1.82, 2.24) is 0 Å². The van der Waals surface area contributed by atoms with Gasteiger partial charge in [0.05, 0.1) is 13.2 Å². The summed E-state index contributed by atoms with van der Waals surface area (Å²) in [6.07, 6.45) is 0. The Bertz CT molecular complexity index is 297. The molecule has 1 aromatic carbocycles. The molecule has 78 valence electrons. The third-order valence-corrected chi connectivity index (χ3v) is 1.77. The van der Waals surface area contributed by atoms with E-state index in [1.165, 1.54) is 18.2 Å². The second kappa shape index (κ2) is 4.96. The molecule has 0 aliphatic carbocycles. The molecule has 1 rings (SSSR count). The maximum atomic E-state index is 12.8. The fraction of sp³-hybridized carbons (Fsp3) is 0.455. The van der Waals surface area contributed by atoms with Crippen molar-refractivity contribution in [3.05, 3.63) is 29.6 Å². The van der Waals surface area contributed by atoms with Crippen molar-refractivity contribution >= 4 is 0 Å². The predicted molar refractivity (Wildman–Crippen MR) is 52.7 cm³/mol. The molecule has 14 heavy (non-hydrogen) atoms. The van der Waals surface area contributed by atoms with E-state index in [1.54, 1.807) is 0 Å². The normalized spacial score (nSPS) is 10.6. The highest BCUT2D eigenvalue weighted by Crippen LogP contribution is 2.20. The van der Waals surface area contributed by atoms with Crippen LogP contribution in [0.5, 0.6) is 5.75 Å². The molecule has 2 nitrogen and oxygen atoms in total. The topological polar surface area (TPSA) is 29.5 Å². The van der Waals surface area contributed by atoms with Gasteiger partial charge < -0.3 is 9.84 Å². The van der Waals surface area contributed by atoms with Crippen LogP contribution in [0.3, 0.4) is 0 Å². The van der Waals surface area contributed by atoms with Gasteiger partial charge in [-0.05, 0) is 12.0 Å². The van der Waals surface area contributed by atoms with Gasteiger partial charge in [-0.25, -0.2) is 4.39 Å². The lowest BCUT2D eigenvalue weighted by molar-refractivity contribution is 0.245. The van der Waals surface area contributed by atoms with E-state index in [0.29, 0.717) is 23.8 Å². The van der Waals surface area contributed by atoms with E-state index in [2.05, 4.69) is 0 Å². The zero-order chi connectivity index (χ0) is 10.6. The second-order valence-corrected chi connectivity index (χ2v) is 3.62. The van der Waals surface area contributed by atoms with E-state index in [9.17, 15) is 4.39 Å². The summed E-state index contributed by atoms with van der Waals surface area (Å²) in [5.41, 5.74) is 0.618. The van der Waals surface area contributed by atoms with Gasteiger partial charge in [0.25, 0.3) is 0 Å². The fourth-order valence-corrected chi connectivity index (χ4v) is 1.05. The standard InChI is InChI=1S/C11H15FO2/c1-8(2)7-14-11-5-10(12)4-3-9(11)6-13/h3-5,8,13H,6-7H2,1-2H3. The SMILES string of the molecule is CC(C)COc1cc(F)ccc1CO. The lowest BCUT2D eigenvalue weighted by atomic mass is 10.2. The van der Waals surface area contributed by atoms with E-state index in [0.717, 1.165) is 0 Å². The third-order valence-electron chi connectivity index (χ3n) is 1.77. The van der Waals surface area contributed by atoms with E-state index < -0.39 is 0 Å². The van der Waals surface area contributed by atoms with Crippen LogP contribution in [0.2, 0.25) is 0 Å². The molecule has 0 saturated heterocycles. The molecule has 0 unspecified atom stereocenters. The number of rotatable bonds is 4. The van der Waals surface area contributed by atoms with E-state index >= 15 is 0 Å². The fourth-order valence-electron chi connectivity index (χ4n) is 1.05. The zero-order valence-corrected chi connectivity index (χ0v) is 8.46. The van der Waals surface area contributed by atoms with Crippen molar-refractivity contribution in [3.8, 4) is 5.75 Å². The van der Waals surface area contributed by atoms with Crippen LogP contribution in [-0.4, -0.2) is 11.7 Å². The molecular formula is C11H15FO2. The van der Waals surface area contributed by atoms with E-state index in [1.807, 2.05) is 13.8 Å². The van der Waals surface area contributed by atoms with Crippen LogP contribution in [0, 0.1) is 11.7 Å². The number of benzene rings is 1. The van der Waals surface area contributed by atoms with Crippen molar-refractivity contribution in [2.75, 3.05) is 6.61 Å². The Morgan fingerprint density at radius 3 is 2.71 bits per heavy atom. The van der Waals surface area contributed by atoms with Gasteiger partial charge in [0.2, 0.25) is 0 Å². The summed E-state index contributed by atoms with van der Waals surface area (Å²) in [6.45, 7) is 4.42. The van der Waals surface area contributed by atoms with Crippen molar-refractivity contribution < 1.29 is 14.2 Å². The molecule has 0 fully saturated rings. The van der Waals surface area contributed by atoms with Crippen LogP contribution in [-0.2, 0) is 6.61 Å². The molecule has 0 aliphatic heterocycles. The zero-order valence-electron chi connectivity index (χ0n) is 8.46. The Morgan fingerprint density at radius 1 is 1.43 bits per heavy atom. The molecule has 0 radical (unpaired) electrons. The van der Waals surface area contributed by atoms with Crippen LogP contribution in [0.1, 0.15) is 19.4 Å². The Kier molecular flexibility index (Phi) is 3.89. The Hall–Kier alpha value is -1.09. The van der Waals surface area contributed by atoms with E-state index in [4.69, 9.17) is 9.84 Å². The molecular weight excluding hydrogens is 183 g/mol. The molecule has 0 aromatic heterocycles. The number of hydrogen-bond acceptors (Lipinski definition) is 2. The summed E-state index contributed by atoms with van der Waals surface area (Å²) < 4.78 is 18.2. The lowest BCUT2D eigenvalue weighted by Crippen LogP contribution is -2.06. The first-order valence-electron chi connectivity index (χ1n) is 4.65. The molecule has 0 atom stereocenters. The molecule has 1 N–H and O–H groups in total. The highest BCUT2D eigenvalue weighted by Gasteiger charge is 2.05. The molecule has 0 spiro atoms. The molecule has 0 bridgehead atoms. The molecule has 0 heterocycles. The largest absolute Gasteiger partial charge is 0.493 e. The number of ether oxygens (including phenoxy) is 1. The maximum Gasteiger partial charge on any atom is 0.127 e. The quantitative estimate of drug-likeness (QED) is 0.804. The second-order valence-electron chi connectivity index (χ2n) is 3.62. The van der Waals surface area contributed by atoms with Gasteiger partial charge in [-0.2, -0.15) is 0 Å². The summed E-state index contributed by atoms with van der Waals surface area (Å²) in [6, 6.07) is 4.15. The minimum absolute atomic E-state index is 0.131. The van der Waals surface area contributed by atoms with Gasteiger partial charge in [-0.15, -0.1) is 0 Å². The third kappa shape index (κ3) is 3.00. The van der Waals surface area contributed by atoms with Crippen molar-refractivity contribution in [1.29, 1.82) is 0 Å². The summed E-state index contributed by atoms with van der Waals surface area (Å²) in [7, 11) is 0. The maximum absolute atomic E-state index is 12.8. The minimum Gasteiger partial charge on any atom is -0.493 e. The smallest absolute Gasteiger partial charge is 0.127 e. The Labute approximate surface area is 83.3 Å². The average Bonchev–Trinajstić information content (AvgIpc) is 2.15. The van der Waals surface area contributed by atoms with Crippen LogP contribution < -0.4 is 4.74 Å². The average molecular weight is 198 g/mol. The number of hydrogen-bond donors (Lipinski definition) is 1. The van der Waals surface area contributed by atoms with Crippen LogP contribution in [0.25, 0.3) is 0 Å². The summed E-state index contributed by atoms with van der Waals surface area (Å²) >= 11 is 0. The number of aliphatic hydroxyl groups is 1. The predicted octanol–water partition coefficient (Wildman–Crippen LogP) is 2.35. The highest BCUT2D eigenvalue weighted by atomic mass is 19.1. The van der Waals surface area contributed by atoms with Crippen molar-refractivity contribution in [2.45, 2.75) is 20.5 Å². The first-order valence-corrected chi connectivity index (χ1v) is 4.65. The van der Waals surface area contributed by atoms with E-state index in [-0.39, 0.29) is 12.4 Å². The number of aliphatic hydroxyl groups excluding tert-OH is 1. The molecule has 1 aromatic rings. The summed E-state index contributed by atoms with van der Waals surface area (Å²) in [5, 5.41) is 8.97. The van der Waals surface area contributed by atoms with Gasteiger partial charge in [0, 0.05) is 11.6 Å². The van der Waals surface area contributed by atoms with Crippen LogP contribution >= 0.6 is 0 Å². The molecule has 0 aliphatic rings. The summed E-state index contributed by atoms with van der Waals surface area (Å²) in [4.78, 5) is 0. The van der Waals surface area contributed by atoms with Gasteiger partial charge in [-0.1, -0.05) is 19.9 Å². The first-order chi connectivity index (χ1) is 6.63.